The standard InChI is InChI=1S/C25H30N2O5/c1-2-30-20-10-5-4-9-19(20)24(29)26-16-8-11-23(28)27-18-12-13-21-22(17-18)32-25(31-21)14-6-3-7-15-25/h4-5,9-10,12-13,17H,2-3,6-8,11,14-16H2,1H3,(H,26,29)(H,27,28). The van der Waals surface area contributed by atoms with Crippen molar-refractivity contribution in [2.45, 2.75) is 57.7 Å². The van der Waals surface area contributed by atoms with Crippen molar-refractivity contribution in [2.24, 2.45) is 0 Å². The molecule has 0 atom stereocenters. The second-order valence-corrected chi connectivity index (χ2v) is 8.17. The molecule has 32 heavy (non-hydrogen) atoms. The summed E-state index contributed by atoms with van der Waals surface area (Å²) in [6.07, 6.45) is 6.03. The molecule has 7 nitrogen and oxygen atoms in total. The zero-order chi connectivity index (χ0) is 22.4. The van der Waals surface area contributed by atoms with Gasteiger partial charge in [-0.2, -0.15) is 0 Å². The number of ether oxygens (including phenoxy) is 3. The molecule has 2 N–H and O–H groups in total. The van der Waals surface area contributed by atoms with Gasteiger partial charge >= 0.3 is 0 Å². The van der Waals surface area contributed by atoms with E-state index in [0.717, 1.165) is 31.4 Å². The van der Waals surface area contributed by atoms with Gasteiger partial charge in [0, 0.05) is 37.6 Å². The number of benzene rings is 2. The summed E-state index contributed by atoms with van der Waals surface area (Å²) in [6.45, 7) is 2.77. The van der Waals surface area contributed by atoms with Gasteiger partial charge in [0.1, 0.15) is 5.75 Å². The lowest BCUT2D eigenvalue weighted by atomic mass is 9.94. The average Bonchev–Trinajstić information content (AvgIpc) is 3.14. The van der Waals surface area contributed by atoms with E-state index in [9.17, 15) is 9.59 Å². The Morgan fingerprint density at radius 1 is 1.03 bits per heavy atom. The van der Waals surface area contributed by atoms with Crippen LogP contribution in [-0.4, -0.2) is 30.8 Å². The Kier molecular flexibility index (Phi) is 6.83. The van der Waals surface area contributed by atoms with Crippen molar-refractivity contribution in [2.75, 3.05) is 18.5 Å². The molecule has 2 aromatic carbocycles. The molecule has 0 bridgehead atoms. The van der Waals surface area contributed by atoms with Crippen LogP contribution in [0.25, 0.3) is 0 Å². The van der Waals surface area contributed by atoms with E-state index in [1.54, 1.807) is 18.2 Å². The van der Waals surface area contributed by atoms with Crippen molar-refractivity contribution < 1.29 is 23.8 Å². The highest BCUT2D eigenvalue weighted by molar-refractivity contribution is 5.97. The third-order valence-corrected chi connectivity index (χ3v) is 5.73. The molecule has 0 unspecified atom stereocenters. The fraction of sp³-hybridized carbons (Fsp3) is 0.440. The zero-order valence-corrected chi connectivity index (χ0v) is 18.4. The van der Waals surface area contributed by atoms with Gasteiger partial charge in [-0.3, -0.25) is 9.59 Å². The Hall–Kier alpha value is -3.22. The lowest BCUT2D eigenvalue weighted by Gasteiger charge is -2.31. The highest BCUT2D eigenvalue weighted by Crippen LogP contribution is 2.46. The van der Waals surface area contributed by atoms with Crippen LogP contribution in [0.4, 0.5) is 5.69 Å². The number of anilines is 1. The van der Waals surface area contributed by atoms with E-state index in [2.05, 4.69) is 10.6 Å². The largest absolute Gasteiger partial charge is 0.493 e. The maximum absolute atomic E-state index is 12.4. The first-order valence-corrected chi connectivity index (χ1v) is 11.4. The van der Waals surface area contributed by atoms with Crippen molar-refractivity contribution in [3.63, 3.8) is 0 Å². The molecule has 1 saturated carbocycles. The molecule has 0 radical (unpaired) electrons. The van der Waals surface area contributed by atoms with E-state index in [4.69, 9.17) is 14.2 Å². The molecule has 2 aromatic rings. The molecule has 2 amide bonds. The molecule has 1 spiro atoms. The number of fused-ring (bicyclic) bond motifs is 1. The van der Waals surface area contributed by atoms with Crippen LogP contribution < -0.4 is 24.8 Å². The number of hydrogen-bond donors (Lipinski definition) is 2. The van der Waals surface area contributed by atoms with Gasteiger partial charge in [0.25, 0.3) is 11.7 Å². The molecular weight excluding hydrogens is 408 g/mol. The van der Waals surface area contributed by atoms with Gasteiger partial charge in [0.15, 0.2) is 11.5 Å². The van der Waals surface area contributed by atoms with Crippen LogP contribution in [0.1, 0.15) is 62.2 Å². The second kappa shape index (κ2) is 9.94. The van der Waals surface area contributed by atoms with Crippen LogP contribution in [0.2, 0.25) is 0 Å². The molecule has 1 fully saturated rings. The van der Waals surface area contributed by atoms with Gasteiger partial charge in [-0.15, -0.1) is 0 Å². The van der Waals surface area contributed by atoms with Crippen LogP contribution >= 0.6 is 0 Å². The monoisotopic (exact) mass is 438 g/mol. The molecule has 1 aliphatic heterocycles. The number of rotatable bonds is 8. The number of nitrogens with one attached hydrogen (secondary N) is 2. The first kappa shape index (κ1) is 22.0. The Morgan fingerprint density at radius 2 is 1.81 bits per heavy atom. The fourth-order valence-electron chi connectivity index (χ4n) is 4.17. The van der Waals surface area contributed by atoms with Crippen LogP contribution in [0, 0.1) is 0 Å². The smallest absolute Gasteiger partial charge is 0.255 e. The Morgan fingerprint density at radius 3 is 2.62 bits per heavy atom. The van der Waals surface area contributed by atoms with Crippen LogP contribution in [-0.2, 0) is 4.79 Å². The molecule has 7 heteroatoms. The summed E-state index contributed by atoms with van der Waals surface area (Å²) in [7, 11) is 0. The first-order valence-electron chi connectivity index (χ1n) is 11.4. The summed E-state index contributed by atoms with van der Waals surface area (Å²) >= 11 is 0. The maximum Gasteiger partial charge on any atom is 0.255 e. The Labute approximate surface area is 188 Å². The quantitative estimate of drug-likeness (QED) is 0.585. The maximum atomic E-state index is 12.4. The third kappa shape index (κ3) is 5.15. The SMILES string of the molecule is CCOc1ccccc1C(=O)NCCCC(=O)Nc1ccc2c(c1)OC1(CCCCC1)O2. The van der Waals surface area contributed by atoms with Crippen molar-refractivity contribution >= 4 is 17.5 Å². The van der Waals surface area contributed by atoms with E-state index in [0.29, 0.717) is 48.7 Å². The minimum absolute atomic E-state index is 0.111. The van der Waals surface area contributed by atoms with E-state index in [1.165, 1.54) is 6.42 Å². The van der Waals surface area contributed by atoms with Crippen LogP contribution in [0.15, 0.2) is 42.5 Å². The summed E-state index contributed by atoms with van der Waals surface area (Å²) in [5.74, 6) is 1.14. The average molecular weight is 439 g/mol. The van der Waals surface area contributed by atoms with Gasteiger partial charge in [-0.25, -0.2) is 0 Å². The predicted molar refractivity (Wildman–Crippen MR) is 121 cm³/mol. The zero-order valence-electron chi connectivity index (χ0n) is 18.4. The Bertz CT molecular complexity index is 969. The van der Waals surface area contributed by atoms with Crippen molar-refractivity contribution in [3.8, 4) is 17.2 Å². The third-order valence-electron chi connectivity index (χ3n) is 5.73. The highest BCUT2D eigenvalue weighted by Gasteiger charge is 2.42. The molecule has 2 aliphatic rings. The summed E-state index contributed by atoms with van der Waals surface area (Å²) in [5.41, 5.74) is 1.18. The number of carbonyl (C=O) groups is 2. The molecule has 0 aromatic heterocycles. The van der Waals surface area contributed by atoms with E-state index in [1.807, 2.05) is 31.2 Å². The van der Waals surface area contributed by atoms with Crippen LogP contribution in [0.5, 0.6) is 17.2 Å². The van der Waals surface area contributed by atoms with Gasteiger partial charge in [-0.1, -0.05) is 18.6 Å². The number of para-hydroxylation sites is 1. The van der Waals surface area contributed by atoms with Gasteiger partial charge in [-0.05, 0) is 50.5 Å². The van der Waals surface area contributed by atoms with Crippen molar-refractivity contribution in [1.82, 2.24) is 5.32 Å². The second-order valence-electron chi connectivity index (χ2n) is 8.17. The summed E-state index contributed by atoms with van der Waals surface area (Å²) in [6, 6.07) is 12.6. The van der Waals surface area contributed by atoms with Crippen molar-refractivity contribution in [3.05, 3.63) is 48.0 Å². The van der Waals surface area contributed by atoms with Crippen molar-refractivity contribution in [1.29, 1.82) is 0 Å². The molecule has 170 valence electrons. The lowest BCUT2D eigenvalue weighted by molar-refractivity contribution is -0.116. The van der Waals surface area contributed by atoms with E-state index in [-0.39, 0.29) is 11.8 Å². The fourth-order valence-corrected chi connectivity index (χ4v) is 4.17. The topological polar surface area (TPSA) is 85.9 Å². The minimum atomic E-state index is -0.526. The van der Waals surface area contributed by atoms with Gasteiger partial charge in [0.05, 0.1) is 12.2 Å². The molecule has 1 heterocycles. The normalized spacial score (nSPS) is 15.9. The number of carbonyl (C=O) groups excluding carboxylic acids is 2. The predicted octanol–water partition coefficient (Wildman–Crippen LogP) is 4.67. The van der Waals surface area contributed by atoms with E-state index < -0.39 is 5.79 Å². The first-order chi connectivity index (χ1) is 15.6. The summed E-state index contributed by atoms with van der Waals surface area (Å²) < 4.78 is 17.7. The van der Waals surface area contributed by atoms with Gasteiger partial charge in [0.2, 0.25) is 5.91 Å². The van der Waals surface area contributed by atoms with Gasteiger partial charge < -0.3 is 24.8 Å². The Balaban J connectivity index is 1.23. The molecule has 0 saturated heterocycles. The van der Waals surface area contributed by atoms with Crippen LogP contribution in [0.3, 0.4) is 0 Å². The summed E-state index contributed by atoms with van der Waals surface area (Å²) in [5, 5.41) is 5.75. The number of amides is 2. The summed E-state index contributed by atoms with van der Waals surface area (Å²) in [4.78, 5) is 24.7. The van der Waals surface area contributed by atoms with E-state index >= 15 is 0 Å². The highest BCUT2D eigenvalue weighted by atomic mass is 16.7. The lowest BCUT2D eigenvalue weighted by Crippen LogP contribution is -2.40. The minimum Gasteiger partial charge on any atom is -0.493 e. The molecular formula is C25H30N2O5. The number of hydrogen-bond acceptors (Lipinski definition) is 5. The molecule has 4 rings (SSSR count). The molecule has 1 aliphatic carbocycles.